The van der Waals surface area contributed by atoms with Gasteiger partial charge in [0.05, 0.1) is 34.8 Å². The van der Waals surface area contributed by atoms with Gasteiger partial charge in [-0.15, -0.1) is 11.8 Å². The second-order valence-corrected chi connectivity index (χ2v) is 21.1. The van der Waals surface area contributed by atoms with E-state index in [1.165, 1.54) is 40.8 Å². The number of aliphatic hydroxyl groups excluding tert-OH is 1. The summed E-state index contributed by atoms with van der Waals surface area (Å²) in [4.78, 5) is 118. The SMILES string of the molecule is C[C@H](NC(=O)CCNC(=O)[C@@H](N)CCN(C(=O)CO)[C@@H](c1nn(-c2cc(F)ccc2F)cc1Cc1ccccc1)C(C)(C)C)C(=O)C[C@@H](CCCNC(N)=O)C(=O)Nc1ccc(N2C(=O)CC(SC[C@H](N)C(=O)O)C2=O)cc1. The summed E-state index contributed by atoms with van der Waals surface area (Å²) in [5.74, 6) is -7.81. The largest absolute Gasteiger partial charge is 0.480 e. The number of Topliss-reactive ketones (excluding diaryl/α,β-unsaturated/α-hetero) is 1. The molecule has 12 N–H and O–H groups in total. The van der Waals surface area contributed by atoms with Gasteiger partial charge in [0, 0.05) is 80.5 Å². The lowest BCUT2D eigenvalue weighted by molar-refractivity contribution is -0.140. The van der Waals surface area contributed by atoms with Crippen LogP contribution in [0.25, 0.3) is 5.69 Å². The normalized spacial score (nSPS) is 15.4. The molecular weight excluding hydrogens is 1040 g/mol. The zero-order valence-corrected chi connectivity index (χ0v) is 44.5. The molecule has 4 aromatic rings. The summed E-state index contributed by atoms with van der Waals surface area (Å²) >= 11 is 0.971. The number of nitrogens with two attached hydrogens (primary N) is 3. The second kappa shape index (κ2) is 28.1. The van der Waals surface area contributed by atoms with Crippen molar-refractivity contribution in [2.75, 3.05) is 42.2 Å². The van der Waals surface area contributed by atoms with Crippen molar-refractivity contribution in [2.45, 2.75) is 102 Å². The number of carboxylic acid groups (broad SMARTS) is 1. The van der Waals surface area contributed by atoms with Crippen LogP contribution in [0.3, 0.4) is 0 Å². The summed E-state index contributed by atoms with van der Waals surface area (Å²) in [6, 6.07) is 12.9. The van der Waals surface area contributed by atoms with Crippen LogP contribution in [0.15, 0.2) is 79.0 Å². The molecule has 8 amide bonds. The number of aliphatic carboxylic acids is 1. The Bertz CT molecular complexity index is 2810. The topological polar surface area (TPSA) is 345 Å². The number of carbonyl (C=O) groups excluding carboxylic acids is 8. The Labute approximate surface area is 453 Å². The van der Waals surface area contributed by atoms with Crippen molar-refractivity contribution in [3.05, 3.63) is 107 Å². The molecule has 1 aromatic heterocycles. The number of anilines is 2. The smallest absolute Gasteiger partial charge is 0.321 e. The van der Waals surface area contributed by atoms with E-state index in [-0.39, 0.29) is 81.0 Å². The van der Waals surface area contributed by atoms with Crippen LogP contribution in [-0.4, -0.2) is 133 Å². The number of hydrogen-bond donors (Lipinski definition) is 9. The summed E-state index contributed by atoms with van der Waals surface area (Å²) in [6.07, 6.45) is 1.36. The summed E-state index contributed by atoms with van der Waals surface area (Å²) in [5.41, 5.74) is 18.4. The first-order valence-corrected chi connectivity index (χ1v) is 26.2. The van der Waals surface area contributed by atoms with Crippen LogP contribution < -0.4 is 43.4 Å². The molecule has 1 fully saturated rings. The Morgan fingerprint density at radius 3 is 2.24 bits per heavy atom. The van der Waals surface area contributed by atoms with Gasteiger partial charge in [0.25, 0.3) is 0 Å². The molecule has 5 rings (SSSR count). The van der Waals surface area contributed by atoms with E-state index in [1.807, 2.05) is 51.1 Å². The molecule has 0 saturated carbocycles. The monoisotopic (exact) mass is 1100 g/mol. The van der Waals surface area contributed by atoms with Crippen molar-refractivity contribution >= 4 is 76.4 Å². The Kier molecular flexibility index (Phi) is 22.1. The standard InChI is InChI=1S/C53H67F2N11O11S/c1-30(41(68)24-32(11-8-20-60-52(58)77)48(72)62-35-13-15-36(16-14-35)66-44(70)26-42(50(66)74)78-29-39(57)51(75)76)61-43(69)18-21-59-49(73)38(56)19-22-64(45(71)28-67)47(53(2,3)4)46-33(23-31-9-6-5-7-10-31)27-65(63-46)40-25-34(54)12-17-37(40)55/h5-7,9-10,12-17,25,27,30,32,38-39,42,47,67H,8,11,18-24,26,28-29,56-57H2,1-4H3,(H,59,73)(H,61,69)(H,62,72)(H,75,76)(H3,58,60,77)/t30-,32+,38-,39-,42?,47-/m0/s1. The van der Waals surface area contributed by atoms with Gasteiger partial charge in [-0.25, -0.2) is 23.2 Å². The van der Waals surface area contributed by atoms with E-state index >= 15 is 4.39 Å². The lowest BCUT2D eigenvalue weighted by atomic mass is 9.81. The van der Waals surface area contributed by atoms with E-state index in [0.717, 1.165) is 40.4 Å². The number of aliphatic hydroxyl groups is 1. The first-order chi connectivity index (χ1) is 36.9. The summed E-state index contributed by atoms with van der Waals surface area (Å²) in [5, 5.41) is 33.5. The highest BCUT2D eigenvalue weighted by atomic mass is 32.2. The predicted molar refractivity (Wildman–Crippen MR) is 286 cm³/mol. The van der Waals surface area contributed by atoms with Gasteiger partial charge in [0.1, 0.15) is 30.0 Å². The highest BCUT2D eigenvalue weighted by molar-refractivity contribution is 8.00. The number of hydrogen-bond acceptors (Lipinski definition) is 14. The van der Waals surface area contributed by atoms with Crippen molar-refractivity contribution < 1.29 is 62.1 Å². The van der Waals surface area contributed by atoms with Gasteiger partial charge in [-0.1, -0.05) is 51.1 Å². The predicted octanol–water partition coefficient (Wildman–Crippen LogP) is 2.82. The summed E-state index contributed by atoms with van der Waals surface area (Å²) in [7, 11) is 0. The first kappa shape index (κ1) is 61.2. The van der Waals surface area contributed by atoms with Crippen LogP contribution in [0, 0.1) is 23.0 Å². The van der Waals surface area contributed by atoms with E-state index in [9.17, 15) is 52.6 Å². The molecule has 1 saturated heterocycles. The molecule has 0 bridgehead atoms. The Morgan fingerprint density at radius 2 is 1.60 bits per heavy atom. The van der Waals surface area contributed by atoms with Gasteiger partial charge in [0.15, 0.2) is 5.78 Å². The molecule has 420 valence electrons. The number of halogens is 2. The first-order valence-electron chi connectivity index (χ1n) is 25.1. The number of nitrogens with one attached hydrogen (secondary N) is 4. The summed E-state index contributed by atoms with van der Waals surface area (Å²) < 4.78 is 30.7. The third kappa shape index (κ3) is 17.2. The molecule has 2 heterocycles. The van der Waals surface area contributed by atoms with Crippen molar-refractivity contribution in [3.8, 4) is 5.69 Å². The molecule has 22 nitrogen and oxygen atoms in total. The molecule has 3 aromatic carbocycles. The number of rotatable bonds is 28. The minimum Gasteiger partial charge on any atom is -0.480 e. The van der Waals surface area contributed by atoms with E-state index in [4.69, 9.17) is 27.4 Å². The van der Waals surface area contributed by atoms with Crippen LogP contribution in [0.5, 0.6) is 0 Å². The van der Waals surface area contributed by atoms with Crippen molar-refractivity contribution in [1.29, 1.82) is 0 Å². The van der Waals surface area contributed by atoms with Gasteiger partial charge >= 0.3 is 12.0 Å². The number of benzene rings is 3. The van der Waals surface area contributed by atoms with Crippen LogP contribution >= 0.6 is 11.8 Å². The highest BCUT2D eigenvalue weighted by Gasteiger charge is 2.41. The van der Waals surface area contributed by atoms with Gasteiger partial charge in [-0.05, 0) is 73.6 Å². The maximum absolute atomic E-state index is 15.1. The third-order valence-corrected chi connectivity index (χ3v) is 14.1. The number of carboxylic acids is 1. The van der Waals surface area contributed by atoms with E-state index in [2.05, 4.69) is 21.3 Å². The molecule has 0 spiro atoms. The molecule has 1 unspecified atom stereocenters. The maximum atomic E-state index is 15.1. The minimum absolute atomic E-state index is 0.0774. The fourth-order valence-corrected chi connectivity index (χ4v) is 9.77. The quantitative estimate of drug-likeness (QED) is 0.0292. The third-order valence-electron chi connectivity index (χ3n) is 12.7. The van der Waals surface area contributed by atoms with E-state index < -0.39 is 112 Å². The van der Waals surface area contributed by atoms with Crippen LogP contribution in [-0.2, 0) is 44.8 Å². The Morgan fingerprint density at radius 1 is 0.910 bits per heavy atom. The van der Waals surface area contributed by atoms with Gasteiger partial charge in [-0.2, -0.15) is 5.10 Å². The molecular formula is C53H67F2N11O11S. The minimum atomic E-state index is -1.24. The van der Waals surface area contributed by atoms with Crippen molar-refractivity contribution in [1.82, 2.24) is 30.6 Å². The molecule has 25 heteroatoms. The molecule has 1 aliphatic heterocycles. The molecule has 0 radical (unpaired) electrons. The summed E-state index contributed by atoms with van der Waals surface area (Å²) in [6.45, 7) is 5.82. The number of primary amides is 1. The van der Waals surface area contributed by atoms with E-state index in [0.29, 0.717) is 17.7 Å². The fourth-order valence-electron chi connectivity index (χ4n) is 8.68. The van der Waals surface area contributed by atoms with E-state index in [1.54, 1.807) is 6.20 Å². The maximum Gasteiger partial charge on any atom is 0.321 e. The molecule has 6 atom stereocenters. The molecule has 78 heavy (non-hydrogen) atoms. The number of ketones is 1. The second-order valence-electron chi connectivity index (χ2n) is 19.9. The lowest BCUT2D eigenvalue weighted by Gasteiger charge is -2.40. The number of aromatic nitrogens is 2. The van der Waals surface area contributed by atoms with Crippen molar-refractivity contribution in [3.63, 3.8) is 0 Å². The highest BCUT2D eigenvalue weighted by Crippen LogP contribution is 2.40. The van der Waals surface area contributed by atoms with Crippen LogP contribution in [0.2, 0.25) is 0 Å². The molecule has 0 aliphatic carbocycles. The molecule has 1 aliphatic rings. The number of thioether (sulfide) groups is 1. The average molecular weight is 1100 g/mol. The average Bonchev–Trinajstić information content (AvgIpc) is 3.99. The zero-order valence-electron chi connectivity index (χ0n) is 43.7. The zero-order chi connectivity index (χ0) is 57.4. The number of amides is 8. The Hall–Kier alpha value is -7.61. The number of urea groups is 1. The van der Waals surface area contributed by atoms with Crippen LogP contribution in [0.4, 0.5) is 25.0 Å². The van der Waals surface area contributed by atoms with Crippen LogP contribution in [0.1, 0.15) is 89.1 Å². The number of carbonyl (C=O) groups is 9. The lowest BCUT2D eigenvalue weighted by Crippen LogP contribution is -2.48. The van der Waals surface area contributed by atoms with Crippen molar-refractivity contribution in [2.24, 2.45) is 28.5 Å². The Balaban J connectivity index is 1.17. The number of imide groups is 1. The van der Waals surface area contributed by atoms with Gasteiger partial charge in [0.2, 0.25) is 35.4 Å². The number of nitrogens with zero attached hydrogens (tertiary/aromatic N) is 4. The van der Waals surface area contributed by atoms with Gasteiger partial charge in [-0.3, -0.25) is 38.4 Å². The van der Waals surface area contributed by atoms with Gasteiger partial charge < -0.3 is 53.6 Å². The fraction of sp³-hybridized carbons (Fsp3) is 0.434.